The molecule has 0 aliphatic carbocycles. The number of H-pyrrole nitrogens is 1. The van der Waals surface area contributed by atoms with Crippen molar-refractivity contribution in [3.63, 3.8) is 0 Å². The van der Waals surface area contributed by atoms with E-state index in [4.69, 9.17) is 16.6 Å². The van der Waals surface area contributed by atoms with E-state index in [2.05, 4.69) is 19.9 Å². The van der Waals surface area contributed by atoms with Crippen molar-refractivity contribution in [1.29, 1.82) is 0 Å². The molecule has 4 heterocycles. The summed E-state index contributed by atoms with van der Waals surface area (Å²) >= 11 is 6.28. The molecule has 1 N–H and O–H groups in total. The number of rotatable bonds is 2. The Morgan fingerprint density at radius 3 is 2.93 bits per heavy atom. The molecule has 0 saturated carbocycles. The van der Waals surface area contributed by atoms with Gasteiger partial charge in [-0.25, -0.2) is 30.1 Å². The molecule has 0 bridgehead atoms. The number of anilines is 1. The number of benzene rings is 1. The highest BCUT2D eigenvalue weighted by Crippen LogP contribution is 2.36. The lowest BCUT2D eigenvalue weighted by atomic mass is 10.2. The summed E-state index contributed by atoms with van der Waals surface area (Å²) in [7, 11) is 1.80. The molecule has 9 nitrogen and oxygen atoms in total. The van der Waals surface area contributed by atoms with E-state index in [1.54, 1.807) is 41.4 Å². The first-order valence-corrected chi connectivity index (χ1v) is 8.88. The molecule has 27 heavy (non-hydrogen) atoms. The van der Waals surface area contributed by atoms with Gasteiger partial charge in [-0.2, -0.15) is 4.68 Å². The Kier molecular flexibility index (Phi) is 3.35. The Hall–Kier alpha value is -3.20. The third kappa shape index (κ3) is 2.08. The quantitative estimate of drug-likeness (QED) is 0.567. The summed E-state index contributed by atoms with van der Waals surface area (Å²) in [5, 5.41) is 4.45. The summed E-state index contributed by atoms with van der Waals surface area (Å²) in [6, 6.07) is 5.12. The number of hydrazine groups is 1. The van der Waals surface area contributed by atoms with Gasteiger partial charge >= 0.3 is 0 Å². The Labute approximate surface area is 158 Å². The van der Waals surface area contributed by atoms with Crippen LogP contribution in [0.3, 0.4) is 0 Å². The van der Waals surface area contributed by atoms with Crippen LogP contribution in [0.4, 0.5) is 5.82 Å². The van der Waals surface area contributed by atoms with Gasteiger partial charge in [0, 0.05) is 7.05 Å². The molecule has 5 rings (SSSR count). The van der Waals surface area contributed by atoms with Gasteiger partial charge in [-0.1, -0.05) is 24.6 Å². The van der Waals surface area contributed by atoms with Crippen molar-refractivity contribution in [2.24, 2.45) is 0 Å². The average Bonchev–Trinajstić information content (AvgIpc) is 3.24. The van der Waals surface area contributed by atoms with Gasteiger partial charge in [0.25, 0.3) is 5.56 Å². The maximum Gasteiger partial charge on any atom is 0.283 e. The maximum atomic E-state index is 13.2. The zero-order valence-electron chi connectivity index (χ0n) is 14.6. The van der Waals surface area contributed by atoms with Crippen molar-refractivity contribution in [3.05, 3.63) is 52.1 Å². The average molecular weight is 383 g/mol. The molecule has 136 valence electrons. The van der Waals surface area contributed by atoms with Gasteiger partial charge in [-0.15, -0.1) is 0 Å². The summed E-state index contributed by atoms with van der Waals surface area (Å²) < 4.78 is 1.55. The fourth-order valence-electron chi connectivity index (χ4n) is 3.67. The Balaban J connectivity index is 1.80. The highest BCUT2D eigenvalue weighted by atomic mass is 35.5. The van der Waals surface area contributed by atoms with Crippen LogP contribution in [0.25, 0.3) is 22.1 Å². The van der Waals surface area contributed by atoms with Crippen LogP contribution in [0.5, 0.6) is 0 Å². The van der Waals surface area contributed by atoms with Crippen LogP contribution in [-0.2, 0) is 0 Å². The van der Waals surface area contributed by atoms with Gasteiger partial charge in [0.05, 0.1) is 22.3 Å². The number of aromatic nitrogens is 6. The molecule has 1 atom stereocenters. The van der Waals surface area contributed by atoms with E-state index in [1.807, 2.05) is 11.9 Å². The van der Waals surface area contributed by atoms with Crippen molar-refractivity contribution in [2.75, 3.05) is 17.2 Å². The van der Waals surface area contributed by atoms with Crippen LogP contribution in [0.1, 0.15) is 25.2 Å². The molecular formula is C17H15ClN8O. The molecule has 0 spiro atoms. The molecule has 1 aliphatic rings. The number of imidazole rings is 1. The summed E-state index contributed by atoms with van der Waals surface area (Å²) in [5.74, 6) is 1.28. The van der Waals surface area contributed by atoms with Crippen molar-refractivity contribution < 1.29 is 0 Å². The Morgan fingerprint density at radius 2 is 2.11 bits per heavy atom. The number of halogens is 1. The van der Waals surface area contributed by atoms with Crippen LogP contribution >= 0.6 is 11.6 Å². The molecule has 1 aliphatic heterocycles. The zero-order valence-corrected chi connectivity index (χ0v) is 15.3. The lowest BCUT2D eigenvalue weighted by molar-refractivity contribution is 0.603. The zero-order chi connectivity index (χ0) is 18.7. The highest BCUT2D eigenvalue weighted by Gasteiger charge is 2.38. The fourth-order valence-corrected chi connectivity index (χ4v) is 3.92. The van der Waals surface area contributed by atoms with E-state index >= 15 is 0 Å². The predicted octanol–water partition coefficient (Wildman–Crippen LogP) is 2.17. The van der Waals surface area contributed by atoms with Crippen molar-refractivity contribution in [1.82, 2.24) is 29.6 Å². The van der Waals surface area contributed by atoms with Crippen LogP contribution in [0.2, 0.25) is 5.02 Å². The topological polar surface area (TPSA) is 95.8 Å². The van der Waals surface area contributed by atoms with E-state index in [0.29, 0.717) is 38.7 Å². The van der Waals surface area contributed by atoms with Gasteiger partial charge in [-0.3, -0.25) is 4.79 Å². The minimum atomic E-state index is -0.209. The molecule has 10 heteroatoms. The third-order valence-corrected chi connectivity index (χ3v) is 5.17. The molecule has 4 aromatic rings. The van der Waals surface area contributed by atoms with Crippen molar-refractivity contribution in [3.8, 4) is 0 Å². The number of aromatic amines is 1. The van der Waals surface area contributed by atoms with Crippen LogP contribution in [-0.4, -0.2) is 36.6 Å². The van der Waals surface area contributed by atoms with Crippen molar-refractivity contribution in [2.45, 2.75) is 19.4 Å². The maximum absolute atomic E-state index is 13.2. The molecule has 3 aromatic heterocycles. The minimum Gasteiger partial charge on any atom is -0.340 e. The lowest BCUT2D eigenvalue weighted by Gasteiger charge is -2.30. The SMILES string of the molecule is CC[C@H]1c2nc3cccc(Cl)c3c(=O)n2N(C)N1c1ncnc2nc[nH]c12. The fraction of sp³-hybridized carbons (Fsp3) is 0.235. The highest BCUT2D eigenvalue weighted by molar-refractivity contribution is 6.35. The third-order valence-electron chi connectivity index (χ3n) is 4.85. The standard InChI is InChI=1S/C17H15ClN8O/c1-3-11-15-23-10-6-4-5-9(18)12(10)17(27)26(15)24(2)25(11)16-13-14(20-7-19-13)21-8-22-16/h4-8,11H,3H2,1-2H3,(H,19,20,21,22)/t11-/m0/s1. The van der Waals surface area contributed by atoms with E-state index in [0.717, 1.165) is 6.42 Å². The van der Waals surface area contributed by atoms with E-state index < -0.39 is 0 Å². The molecule has 0 fully saturated rings. The second kappa shape index (κ2) is 5.65. The number of nitrogens with zero attached hydrogens (tertiary/aromatic N) is 7. The van der Waals surface area contributed by atoms with Gasteiger partial charge in [-0.05, 0) is 18.6 Å². The summed E-state index contributed by atoms with van der Waals surface area (Å²) in [6.07, 6.45) is 3.76. The lowest BCUT2D eigenvalue weighted by Crippen LogP contribution is -2.46. The summed E-state index contributed by atoms with van der Waals surface area (Å²) in [6.45, 7) is 2.04. The smallest absolute Gasteiger partial charge is 0.283 e. The number of nitrogens with one attached hydrogen (secondary N) is 1. The second-order valence-corrected chi connectivity index (χ2v) is 6.68. The number of fused-ring (bicyclic) bond motifs is 3. The first-order valence-electron chi connectivity index (χ1n) is 8.50. The first kappa shape index (κ1) is 16.0. The van der Waals surface area contributed by atoms with Crippen molar-refractivity contribution >= 4 is 39.5 Å². The van der Waals surface area contributed by atoms with Gasteiger partial charge in [0.1, 0.15) is 17.9 Å². The van der Waals surface area contributed by atoms with Gasteiger partial charge in [0.2, 0.25) is 0 Å². The van der Waals surface area contributed by atoms with Crippen LogP contribution in [0.15, 0.2) is 35.6 Å². The van der Waals surface area contributed by atoms with Gasteiger partial charge in [0.15, 0.2) is 17.3 Å². The Bertz CT molecular complexity index is 1250. The molecule has 0 amide bonds. The predicted molar refractivity (Wildman–Crippen MR) is 102 cm³/mol. The summed E-state index contributed by atoms with van der Waals surface area (Å²) in [4.78, 5) is 33.9. The molecule has 0 saturated heterocycles. The van der Waals surface area contributed by atoms with Gasteiger partial charge < -0.3 is 4.98 Å². The normalized spacial score (nSPS) is 16.5. The second-order valence-electron chi connectivity index (χ2n) is 6.28. The summed E-state index contributed by atoms with van der Waals surface area (Å²) in [5.41, 5.74) is 1.64. The van der Waals surface area contributed by atoms with E-state index in [1.165, 1.54) is 6.33 Å². The van der Waals surface area contributed by atoms with E-state index in [9.17, 15) is 4.79 Å². The molecule has 0 radical (unpaired) electrons. The monoisotopic (exact) mass is 382 g/mol. The Morgan fingerprint density at radius 1 is 1.26 bits per heavy atom. The molecule has 0 unspecified atom stereocenters. The minimum absolute atomic E-state index is 0.174. The van der Waals surface area contributed by atoms with Crippen LogP contribution < -0.4 is 15.7 Å². The largest absolute Gasteiger partial charge is 0.340 e. The first-order chi connectivity index (χ1) is 13.1. The van der Waals surface area contributed by atoms with Crippen LogP contribution in [0, 0.1) is 0 Å². The molecule has 1 aromatic carbocycles. The molecular weight excluding hydrogens is 368 g/mol. The number of hydrogen-bond donors (Lipinski definition) is 1. The van der Waals surface area contributed by atoms with E-state index in [-0.39, 0.29) is 11.6 Å². The number of hydrogen-bond acceptors (Lipinski definition) is 7.